The Morgan fingerprint density at radius 2 is 1.75 bits per heavy atom. The standard InChI is InChI=1S/C17H19F2N/c1-12-8-10-14(18)16(17(12)19)15(20-2)11-9-13-6-4-3-5-7-13/h3-8,10,15,20H,9,11H2,1-2H3. The molecule has 2 aromatic rings. The number of aryl methyl sites for hydroxylation is 2. The first-order chi connectivity index (χ1) is 9.63. The number of hydrogen-bond acceptors (Lipinski definition) is 1. The van der Waals surface area contributed by atoms with E-state index in [9.17, 15) is 8.78 Å². The minimum Gasteiger partial charge on any atom is -0.313 e. The second-order valence-electron chi connectivity index (χ2n) is 4.96. The van der Waals surface area contributed by atoms with Crippen LogP contribution in [0.1, 0.15) is 29.2 Å². The predicted octanol–water partition coefficient (Wildman–Crippen LogP) is 4.17. The van der Waals surface area contributed by atoms with Gasteiger partial charge in [0.2, 0.25) is 0 Å². The topological polar surface area (TPSA) is 12.0 Å². The van der Waals surface area contributed by atoms with Crippen molar-refractivity contribution in [3.63, 3.8) is 0 Å². The SMILES string of the molecule is CNC(CCc1ccccc1)c1c(F)ccc(C)c1F. The van der Waals surface area contributed by atoms with Crippen LogP contribution >= 0.6 is 0 Å². The van der Waals surface area contributed by atoms with E-state index in [2.05, 4.69) is 5.32 Å². The zero-order chi connectivity index (χ0) is 14.5. The van der Waals surface area contributed by atoms with Gasteiger partial charge in [0.25, 0.3) is 0 Å². The lowest BCUT2D eigenvalue weighted by molar-refractivity contribution is 0.469. The van der Waals surface area contributed by atoms with Crippen molar-refractivity contribution in [1.82, 2.24) is 5.32 Å². The van der Waals surface area contributed by atoms with E-state index < -0.39 is 11.6 Å². The lowest BCUT2D eigenvalue weighted by atomic mass is 9.96. The van der Waals surface area contributed by atoms with E-state index in [1.54, 1.807) is 14.0 Å². The molecule has 0 saturated carbocycles. The number of nitrogens with one attached hydrogen (secondary N) is 1. The Kier molecular flexibility index (Phi) is 4.85. The van der Waals surface area contributed by atoms with Crippen LogP contribution in [0.15, 0.2) is 42.5 Å². The fraction of sp³-hybridized carbons (Fsp3) is 0.294. The molecule has 0 radical (unpaired) electrons. The van der Waals surface area contributed by atoms with Crippen molar-refractivity contribution in [2.75, 3.05) is 7.05 Å². The number of benzene rings is 2. The van der Waals surface area contributed by atoms with Crippen LogP contribution in [-0.4, -0.2) is 7.05 Å². The van der Waals surface area contributed by atoms with Crippen molar-refractivity contribution in [2.24, 2.45) is 0 Å². The first-order valence-electron chi connectivity index (χ1n) is 6.79. The van der Waals surface area contributed by atoms with Gasteiger partial charge >= 0.3 is 0 Å². The molecular weight excluding hydrogens is 256 g/mol. The average molecular weight is 275 g/mol. The van der Waals surface area contributed by atoms with Gasteiger partial charge in [-0.15, -0.1) is 0 Å². The summed E-state index contributed by atoms with van der Waals surface area (Å²) in [7, 11) is 1.73. The molecule has 0 amide bonds. The third-order valence-corrected chi connectivity index (χ3v) is 3.58. The Morgan fingerprint density at radius 1 is 1.05 bits per heavy atom. The Labute approximate surface area is 118 Å². The fourth-order valence-electron chi connectivity index (χ4n) is 2.39. The maximum absolute atomic E-state index is 14.1. The van der Waals surface area contributed by atoms with Gasteiger partial charge in [-0.3, -0.25) is 0 Å². The van der Waals surface area contributed by atoms with Crippen LogP contribution in [-0.2, 0) is 6.42 Å². The summed E-state index contributed by atoms with van der Waals surface area (Å²) in [6, 6.07) is 12.4. The van der Waals surface area contributed by atoms with E-state index in [0.717, 1.165) is 6.42 Å². The highest BCUT2D eigenvalue weighted by Gasteiger charge is 2.20. The molecule has 0 bridgehead atoms. The summed E-state index contributed by atoms with van der Waals surface area (Å²) in [6.45, 7) is 1.65. The molecule has 1 atom stereocenters. The second-order valence-corrected chi connectivity index (χ2v) is 4.96. The fourth-order valence-corrected chi connectivity index (χ4v) is 2.39. The summed E-state index contributed by atoms with van der Waals surface area (Å²) in [5, 5.41) is 3.02. The molecule has 20 heavy (non-hydrogen) atoms. The largest absolute Gasteiger partial charge is 0.313 e. The lowest BCUT2D eigenvalue weighted by Gasteiger charge is -2.19. The van der Waals surface area contributed by atoms with Crippen LogP contribution in [0, 0.1) is 18.6 Å². The molecule has 0 saturated heterocycles. The van der Waals surface area contributed by atoms with E-state index in [1.807, 2.05) is 30.3 Å². The van der Waals surface area contributed by atoms with Crippen molar-refractivity contribution in [3.8, 4) is 0 Å². The van der Waals surface area contributed by atoms with Crippen LogP contribution < -0.4 is 5.32 Å². The Bertz CT molecular complexity index is 567. The summed E-state index contributed by atoms with van der Waals surface area (Å²) >= 11 is 0. The highest BCUT2D eigenvalue weighted by atomic mass is 19.1. The quantitative estimate of drug-likeness (QED) is 0.863. The second kappa shape index (κ2) is 6.62. The first kappa shape index (κ1) is 14.7. The van der Waals surface area contributed by atoms with Gasteiger partial charge in [-0.05, 0) is 44.0 Å². The van der Waals surface area contributed by atoms with Crippen molar-refractivity contribution in [3.05, 3.63) is 70.8 Å². The molecule has 1 N–H and O–H groups in total. The molecule has 0 spiro atoms. The lowest BCUT2D eigenvalue weighted by Crippen LogP contribution is -2.20. The molecule has 0 fully saturated rings. The molecule has 0 aliphatic carbocycles. The molecule has 3 heteroatoms. The van der Waals surface area contributed by atoms with E-state index in [1.165, 1.54) is 17.7 Å². The van der Waals surface area contributed by atoms with E-state index in [0.29, 0.717) is 12.0 Å². The smallest absolute Gasteiger partial charge is 0.133 e. The van der Waals surface area contributed by atoms with Crippen molar-refractivity contribution >= 4 is 0 Å². The molecule has 1 unspecified atom stereocenters. The van der Waals surface area contributed by atoms with E-state index in [-0.39, 0.29) is 11.6 Å². The van der Waals surface area contributed by atoms with Crippen LogP contribution in [0.2, 0.25) is 0 Å². The van der Waals surface area contributed by atoms with Crippen molar-refractivity contribution < 1.29 is 8.78 Å². The van der Waals surface area contributed by atoms with Crippen LogP contribution in [0.4, 0.5) is 8.78 Å². The van der Waals surface area contributed by atoms with Gasteiger partial charge in [0, 0.05) is 11.6 Å². The molecule has 0 aromatic heterocycles. The van der Waals surface area contributed by atoms with Gasteiger partial charge in [0.1, 0.15) is 11.6 Å². The van der Waals surface area contributed by atoms with Gasteiger partial charge in [-0.1, -0.05) is 36.4 Å². The molecule has 106 valence electrons. The van der Waals surface area contributed by atoms with Gasteiger partial charge in [-0.2, -0.15) is 0 Å². The van der Waals surface area contributed by atoms with E-state index >= 15 is 0 Å². The molecule has 0 heterocycles. The highest BCUT2D eigenvalue weighted by molar-refractivity contribution is 5.29. The number of hydrogen-bond donors (Lipinski definition) is 1. The molecule has 2 rings (SSSR count). The summed E-state index contributed by atoms with van der Waals surface area (Å²) in [5.41, 5.74) is 1.78. The summed E-state index contributed by atoms with van der Waals surface area (Å²) < 4.78 is 28.1. The maximum atomic E-state index is 14.1. The van der Waals surface area contributed by atoms with Gasteiger partial charge in [0.15, 0.2) is 0 Å². The maximum Gasteiger partial charge on any atom is 0.133 e. The Morgan fingerprint density at radius 3 is 2.40 bits per heavy atom. The third kappa shape index (κ3) is 3.23. The summed E-state index contributed by atoms with van der Waals surface area (Å²) in [5.74, 6) is -0.932. The number of halogens is 2. The predicted molar refractivity (Wildman–Crippen MR) is 77.7 cm³/mol. The minimum absolute atomic E-state index is 0.142. The van der Waals surface area contributed by atoms with Gasteiger partial charge < -0.3 is 5.32 Å². The van der Waals surface area contributed by atoms with Crippen LogP contribution in [0.3, 0.4) is 0 Å². The monoisotopic (exact) mass is 275 g/mol. The third-order valence-electron chi connectivity index (χ3n) is 3.58. The zero-order valence-corrected chi connectivity index (χ0v) is 11.8. The molecule has 0 aliphatic heterocycles. The zero-order valence-electron chi connectivity index (χ0n) is 11.8. The Balaban J connectivity index is 2.19. The average Bonchev–Trinajstić information content (AvgIpc) is 2.47. The van der Waals surface area contributed by atoms with Crippen LogP contribution in [0.5, 0.6) is 0 Å². The van der Waals surface area contributed by atoms with Crippen LogP contribution in [0.25, 0.3) is 0 Å². The Hall–Kier alpha value is -1.74. The molecule has 1 nitrogen and oxygen atoms in total. The number of rotatable bonds is 5. The summed E-state index contributed by atoms with van der Waals surface area (Å²) in [4.78, 5) is 0. The van der Waals surface area contributed by atoms with Gasteiger partial charge in [-0.25, -0.2) is 8.78 Å². The summed E-state index contributed by atoms with van der Waals surface area (Å²) in [6.07, 6.45) is 1.43. The van der Waals surface area contributed by atoms with Crippen molar-refractivity contribution in [2.45, 2.75) is 25.8 Å². The normalized spacial score (nSPS) is 12.4. The first-order valence-corrected chi connectivity index (χ1v) is 6.79. The highest BCUT2D eigenvalue weighted by Crippen LogP contribution is 2.26. The molecule has 2 aromatic carbocycles. The molecular formula is C17H19F2N. The molecule has 0 aliphatic rings. The van der Waals surface area contributed by atoms with Crippen molar-refractivity contribution in [1.29, 1.82) is 0 Å². The minimum atomic E-state index is -0.486. The van der Waals surface area contributed by atoms with Gasteiger partial charge in [0.05, 0.1) is 0 Å². The van der Waals surface area contributed by atoms with E-state index in [4.69, 9.17) is 0 Å².